The SMILES string of the molecule is CCN(C)S(=O)(=O)c1cc(Cl)cc(CNC)c1Cl. The van der Waals surface area contributed by atoms with Gasteiger partial charge in [-0.2, -0.15) is 0 Å². The molecule has 102 valence electrons. The maximum absolute atomic E-state index is 12.3. The molecule has 0 spiro atoms. The van der Waals surface area contributed by atoms with Crippen LogP contribution in [0.1, 0.15) is 12.5 Å². The van der Waals surface area contributed by atoms with Crippen LogP contribution in [0.4, 0.5) is 0 Å². The van der Waals surface area contributed by atoms with Crippen LogP contribution in [0.15, 0.2) is 17.0 Å². The van der Waals surface area contributed by atoms with Gasteiger partial charge in [0.1, 0.15) is 4.90 Å². The van der Waals surface area contributed by atoms with Crippen LogP contribution in [0, 0.1) is 0 Å². The van der Waals surface area contributed by atoms with Crippen LogP contribution >= 0.6 is 23.2 Å². The normalized spacial score (nSPS) is 12.1. The number of benzene rings is 1. The van der Waals surface area contributed by atoms with Gasteiger partial charge in [0.2, 0.25) is 10.0 Å². The monoisotopic (exact) mass is 310 g/mol. The van der Waals surface area contributed by atoms with Gasteiger partial charge in [-0.25, -0.2) is 12.7 Å². The van der Waals surface area contributed by atoms with Gasteiger partial charge in [0.25, 0.3) is 0 Å². The average Bonchev–Trinajstić information content (AvgIpc) is 2.32. The van der Waals surface area contributed by atoms with Crippen LogP contribution in [0.3, 0.4) is 0 Å². The van der Waals surface area contributed by atoms with Crippen LogP contribution in [0.5, 0.6) is 0 Å². The Hall–Kier alpha value is -0.330. The summed E-state index contributed by atoms with van der Waals surface area (Å²) in [5.74, 6) is 0. The number of halogens is 2. The Morgan fingerprint density at radius 1 is 1.33 bits per heavy atom. The van der Waals surface area contributed by atoms with E-state index in [-0.39, 0.29) is 9.92 Å². The second-order valence-corrected chi connectivity index (χ2v) is 6.65. The average molecular weight is 311 g/mol. The number of nitrogens with one attached hydrogen (secondary N) is 1. The predicted octanol–water partition coefficient (Wildman–Crippen LogP) is 2.35. The number of rotatable bonds is 5. The zero-order valence-electron chi connectivity index (χ0n) is 10.5. The molecule has 1 aromatic carbocycles. The van der Waals surface area contributed by atoms with Crippen LogP contribution in [-0.4, -0.2) is 33.4 Å². The molecule has 0 heterocycles. The van der Waals surface area contributed by atoms with Gasteiger partial charge < -0.3 is 5.32 Å². The fourth-order valence-corrected chi connectivity index (χ4v) is 3.55. The summed E-state index contributed by atoms with van der Waals surface area (Å²) in [4.78, 5) is 0.0475. The fourth-order valence-electron chi connectivity index (χ4n) is 1.46. The second-order valence-electron chi connectivity index (χ2n) is 3.83. The molecule has 0 saturated heterocycles. The van der Waals surface area contributed by atoms with Crippen molar-refractivity contribution in [3.8, 4) is 0 Å². The largest absolute Gasteiger partial charge is 0.316 e. The first-order chi connectivity index (χ1) is 8.34. The molecule has 0 radical (unpaired) electrons. The maximum Gasteiger partial charge on any atom is 0.244 e. The first-order valence-corrected chi connectivity index (χ1v) is 7.63. The van der Waals surface area contributed by atoms with Gasteiger partial charge in [0.05, 0.1) is 5.02 Å². The van der Waals surface area contributed by atoms with E-state index < -0.39 is 10.0 Å². The zero-order valence-corrected chi connectivity index (χ0v) is 12.8. The Morgan fingerprint density at radius 2 is 1.94 bits per heavy atom. The minimum absolute atomic E-state index is 0.0475. The molecule has 7 heteroatoms. The highest BCUT2D eigenvalue weighted by molar-refractivity contribution is 7.89. The van der Waals surface area contributed by atoms with Crippen molar-refractivity contribution >= 4 is 33.2 Å². The summed E-state index contributed by atoms with van der Waals surface area (Å²) in [5, 5.41) is 3.49. The first-order valence-electron chi connectivity index (χ1n) is 5.43. The third-order valence-corrected chi connectivity index (χ3v) is 5.31. The summed E-state index contributed by atoms with van der Waals surface area (Å²) in [6, 6.07) is 3.04. The zero-order chi connectivity index (χ0) is 13.9. The highest BCUT2D eigenvalue weighted by Crippen LogP contribution is 2.31. The number of hydrogen-bond donors (Lipinski definition) is 1. The Morgan fingerprint density at radius 3 is 2.44 bits per heavy atom. The van der Waals surface area contributed by atoms with Crippen molar-refractivity contribution in [1.82, 2.24) is 9.62 Å². The van der Waals surface area contributed by atoms with Gasteiger partial charge in [-0.3, -0.25) is 0 Å². The topological polar surface area (TPSA) is 49.4 Å². The van der Waals surface area contributed by atoms with Crippen molar-refractivity contribution in [2.45, 2.75) is 18.4 Å². The predicted molar refractivity (Wildman–Crippen MR) is 74.7 cm³/mol. The molecule has 0 bridgehead atoms. The minimum atomic E-state index is -3.59. The fraction of sp³-hybridized carbons (Fsp3) is 0.455. The summed E-state index contributed by atoms with van der Waals surface area (Å²) < 4.78 is 25.7. The molecule has 0 atom stereocenters. The molecule has 4 nitrogen and oxygen atoms in total. The molecule has 0 fully saturated rings. The van der Waals surface area contributed by atoms with E-state index in [1.54, 1.807) is 20.0 Å². The van der Waals surface area contributed by atoms with Crippen molar-refractivity contribution in [1.29, 1.82) is 0 Å². The van der Waals surface area contributed by atoms with Gasteiger partial charge in [0, 0.05) is 25.2 Å². The van der Waals surface area contributed by atoms with E-state index in [1.165, 1.54) is 17.4 Å². The lowest BCUT2D eigenvalue weighted by Gasteiger charge is -2.17. The van der Waals surface area contributed by atoms with Crippen molar-refractivity contribution in [3.63, 3.8) is 0 Å². The van der Waals surface area contributed by atoms with Gasteiger partial charge in [-0.05, 0) is 24.7 Å². The molecule has 1 aromatic rings. The summed E-state index contributed by atoms with van der Waals surface area (Å²) in [6.07, 6.45) is 0. The van der Waals surface area contributed by atoms with E-state index in [4.69, 9.17) is 23.2 Å². The molecule has 0 aromatic heterocycles. The highest BCUT2D eigenvalue weighted by atomic mass is 35.5. The first kappa shape index (κ1) is 15.7. The maximum atomic E-state index is 12.3. The van der Waals surface area contributed by atoms with E-state index in [0.717, 1.165) is 0 Å². The van der Waals surface area contributed by atoms with Crippen molar-refractivity contribution in [2.24, 2.45) is 0 Å². The van der Waals surface area contributed by atoms with Crippen molar-refractivity contribution in [3.05, 3.63) is 27.7 Å². The minimum Gasteiger partial charge on any atom is -0.316 e. The summed E-state index contributed by atoms with van der Waals surface area (Å²) >= 11 is 12.1. The lowest BCUT2D eigenvalue weighted by molar-refractivity contribution is 0.486. The van der Waals surface area contributed by atoms with Gasteiger partial charge >= 0.3 is 0 Å². The van der Waals surface area contributed by atoms with E-state index >= 15 is 0 Å². The van der Waals surface area contributed by atoms with Gasteiger partial charge in [-0.1, -0.05) is 30.1 Å². The van der Waals surface area contributed by atoms with E-state index in [1.807, 2.05) is 0 Å². The van der Waals surface area contributed by atoms with Gasteiger partial charge in [0.15, 0.2) is 0 Å². The van der Waals surface area contributed by atoms with E-state index in [9.17, 15) is 8.42 Å². The smallest absolute Gasteiger partial charge is 0.244 e. The quantitative estimate of drug-likeness (QED) is 0.908. The molecule has 0 saturated carbocycles. The third kappa shape index (κ3) is 3.16. The van der Waals surface area contributed by atoms with E-state index in [2.05, 4.69) is 5.32 Å². The molecular formula is C11H16Cl2N2O2S. The molecule has 1 rings (SSSR count). The molecule has 1 N–H and O–H groups in total. The number of nitrogens with zero attached hydrogens (tertiary/aromatic N) is 1. The standard InChI is InChI=1S/C11H16Cl2N2O2S/c1-4-15(3)18(16,17)10-6-9(12)5-8(7-14-2)11(10)13/h5-6,14H,4,7H2,1-3H3. The van der Waals surface area contributed by atoms with Crippen LogP contribution in [0.2, 0.25) is 10.0 Å². The highest BCUT2D eigenvalue weighted by Gasteiger charge is 2.24. The van der Waals surface area contributed by atoms with Crippen molar-refractivity contribution in [2.75, 3.05) is 20.6 Å². The third-order valence-electron chi connectivity index (χ3n) is 2.58. The lowest BCUT2D eigenvalue weighted by atomic mass is 10.2. The number of sulfonamides is 1. The summed E-state index contributed by atoms with van der Waals surface area (Å²) in [5.41, 5.74) is 0.662. The lowest BCUT2D eigenvalue weighted by Crippen LogP contribution is -2.27. The summed E-state index contributed by atoms with van der Waals surface area (Å²) in [7, 11) is -0.336. The Balaban J connectivity index is 3.41. The Bertz CT molecular complexity index is 532. The Kier molecular flexibility index (Phi) is 5.43. The van der Waals surface area contributed by atoms with E-state index in [0.29, 0.717) is 23.7 Å². The molecular weight excluding hydrogens is 295 g/mol. The van der Waals surface area contributed by atoms with Crippen LogP contribution in [0.25, 0.3) is 0 Å². The Labute approximate surface area is 118 Å². The molecule has 0 unspecified atom stereocenters. The van der Waals surface area contributed by atoms with Crippen LogP contribution < -0.4 is 5.32 Å². The molecule has 0 aliphatic heterocycles. The molecule has 0 aliphatic carbocycles. The summed E-state index contributed by atoms with van der Waals surface area (Å²) in [6.45, 7) is 2.58. The van der Waals surface area contributed by atoms with Crippen LogP contribution in [-0.2, 0) is 16.6 Å². The van der Waals surface area contributed by atoms with Crippen molar-refractivity contribution < 1.29 is 8.42 Å². The van der Waals surface area contributed by atoms with Gasteiger partial charge in [-0.15, -0.1) is 0 Å². The molecule has 0 amide bonds. The number of hydrogen-bond acceptors (Lipinski definition) is 3. The second kappa shape index (κ2) is 6.21. The molecule has 0 aliphatic rings. The molecule has 18 heavy (non-hydrogen) atoms.